The quantitative estimate of drug-likeness (QED) is 0.240. The molecule has 2 aromatic carbocycles. The van der Waals surface area contributed by atoms with Crippen LogP contribution in [0.3, 0.4) is 0 Å². The van der Waals surface area contributed by atoms with Crippen LogP contribution in [0, 0.1) is 0 Å². The predicted octanol–water partition coefficient (Wildman–Crippen LogP) is 8.39. The minimum Gasteiger partial charge on any atom is -0.283 e. The van der Waals surface area contributed by atoms with Crippen molar-refractivity contribution in [2.45, 2.75) is 96.8 Å². The molecule has 3 rings (SSSR count). The normalized spacial score (nSPS) is 19.2. The van der Waals surface area contributed by atoms with E-state index in [2.05, 4.69) is 84.3 Å². The van der Waals surface area contributed by atoms with E-state index < -0.39 is 0 Å². The SMILES string of the molecule is Br.CCCCCCCCCCCCN1CC(C)N(Cc2ccccc2)C1c1ccccc1. The molecule has 0 spiro atoms. The molecule has 0 amide bonds. The topological polar surface area (TPSA) is 6.48 Å². The zero-order chi connectivity index (χ0) is 21.7. The molecule has 0 radical (unpaired) electrons. The lowest BCUT2D eigenvalue weighted by Gasteiger charge is -2.32. The van der Waals surface area contributed by atoms with Crippen molar-refractivity contribution in [3.8, 4) is 0 Å². The summed E-state index contributed by atoms with van der Waals surface area (Å²) in [5, 5.41) is 0. The van der Waals surface area contributed by atoms with E-state index >= 15 is 0 Å². The van der Waals surface area contributed by atoms with Gasteiger partial charge < -0.3 is 0 Å². The number of nitrogens with zero attached hydrogens (tertiary/aromatic N) is 2. The molecule has 2 unspecified atom stereocenters. The van der Waals surface area contributed by atoms with Gasteiger partial charge in [0.1, 0.15) is 0 Å². The van der Waals surface area contributed by atoms with E-state index in [1.54, 1.807) is 0 Å². The van der Waals surface area contributed by atoms with Crippen molar-refractivity contribution in [3.05, 3.63) is 71.8 Å². The van der Waals surface area contributed by atoms with Crippen LogP contribution in [0.1, 0.15) is 95.3 Å². The van der Waals surface area contributed by atoms with Gasteiger partial charge in [0, 0.05) is 25.7 Å². The second kappa shape index (κ2) is 15.6. The van der Waals surface area contributed by atoms with Gasteiger partial charge in [-0.05, 0) is 24.5 Å². The Hall–Kier alpha value is -1.16. The van der Waals surface area contributed by atoms with Crippen LogP contribution in [0.25, 0.3) is 0 Å². The van der Waals surface area contributed by atoms with Crippen LogP contribution in [0.4, 0.5) is 0 Å². The van der Waals surface area contributed by atoms with E-state index in [0.717, 1.165) is 6.54 Å². The van der Waals surface area contributed by atoms with Gasteiger partial charge in [0.15, 0.2) is 0 Å². The largest absolute Gasteiger partial charge is 0.283 e. The molecular formula is C29H45BrN2. The van der Waals surface area contributed by atoms with E-state index in [9.17, 15) is 0 Å². The van der Waals surface area contributed by atoms with Crippen molar-refractivity contribution in [2.75, 3.05) is 13.1 Å². The highest BCUT2D eigenvalue weighted by Gasteiger charge is 2.37. The van der Waals surface area contributed by atoms with Crippen LogP contribution >= 0.6 is 17.0 Å². The smallest absolute Gasteiger partial charge is 0.0892 e. The van der Waals surface area contributed by atoms with Crippen LogP contribution in [-0.2, 0) is 6.54 Å². The summed E-state index contributed by atoms with van der Waals surface area (Å²) in [6.07, 6.45) is 14.4. The molecule has 1 saturated heterocycles. The summed E-state index contributed by atoms with van der Waals surface area (Å²) in [5.74, 6) is 0. The van der Waals surface area contributed by atoms with Gasteiger partial charge in [-0.1, -0.05) is 125 Å². The van der Waals surface area contributed by atoms with E-state index in [4.69, 9.17) is 0 Å². The molecule has 2 aromatic rings. The van der Waals surface area contributed by atoms with Crippen LogP contribution in [-0.4, -0.2) is 28.9 Å². The van der Waals surface area contributed by atoms with Gasteiger partial charge in [-0.2, -0.15) is 0 Å². The zero-order valence-corrected chi connectivity index (χ0v) is 22.1. The summed E-state index contributed by atoms with van der Waals surface area (Å²) in [6, 6.07) is 22.7. The fourth-order valence-corrected chi connectivity index (χ4v) is 5.07. The molecule has 2 atom stereocenters. The first-order valence-corrected chi connectivity index (χ1v) is 12.9. The number of hydrogen-bond donors (Lipinski definition) is 0. The maximum absolute atomic E-state index is 2.73. The Labute approximate surface area is 208 Å². The molecule has 0 aromatic heterocycles. The van der Waals surface area contributed by atoms with Gasteiger partial charge in [0.05, 0.1) is 6.17 Å². The average molecular weight is 502 g/mol. The molecule has 0 bridgehead atoms. The van der Waals surface area contributed by atoms with Crippen molar-refractivity contribution >= 4 is 17.0 Å². The van der Waals surface area contributed by atoms with Crippen LogP contribution in [0.15, 0.2) is 60.7 Å². The molecule has 32 heavy (non-hydrogen) atoms. The third kappa shape index (κ3) is 8.65. The highest BCUT2D eigenvalue weighted by Crippen LogP contribution is 2.35. The fraction of sp³-hybridized carbons (Fsp3) is 0.586. The van der Waals surface area contributed by atoms with E-state index in [1.807, 2.05) is 0 Å². The summed E-state index contributed by atoms with van der Waals surface area (Å²) >= 11 is 0. The Balaban J connectivity index is 0.00000363. The molecule has 178 valence electrons. The highest BCUT2D eigenvalue weighted by atomic mass is 79.9. The molecule has 2 nitrogen and oxygen atoms in total. The Morgan fingerprint density at radius 3 is 1.84 bits per heavy atom. The van der Waals surface area contributed by atoms with Crippen molar-refractivity contribution in [1.29, 1.82) is 0 Å². The molecule has 1 heterocycles. The van der Waals surface area contributed by atoms with Crippen LogP contribution in [0.2, 0.25) is 0 Å². The molecule has 1 aliphatic heterocycles. The number of unbranched alkanes of at least 4 members (excludes halogenated alkanes) is 9. The molecule has 1 fully saturated rings. The fourth-order valence-electron chi connectivity index (χ4n) is 5.07. The van der Waals surface area contributed by atoms with Gasteiger partial charge in [-0.25, -0.2) is 0 Å². The minimum atomic E-state index is 0. The first kappa shape index (κ1) is 27.1. The van der Waals surface area contributed by atoms with Crippen molar-refractivity contribution in [2.24, 2.45) is 0 Å². The molecule has 0 aliphatic carbocycles. The van der Waals surface area contributed by atoms with E-state index in [-0.39, 0.29) is 17.0 Å². The van der Waals surface area contributed by atoms with Gasteiger partial charge in [0.25, 0.3) is 0 Å². The molecule has 1 aliphatic rings. The van der Waals surface area contributed by atoms with Crippen LogP contribution in [0.5, 0.6) is 0 Å². The lowest BCUT2D eigenvalue weighted by atomic mass is 10.1. The van der Waals surface area contributed by atoms with Gasteiger partial charge in [0.2, 0.25) is 0 Å². The zero-order valence-electron chi connectivity index (χ0n) is 20.4. The number of halogens is 1. The predicted molar refractivity (Wildman–Crippen MR) is 144 cm³/mol. The molecule has 3 heteroatoms. The maximum atomic E-state index is 2.73. The van der Waals surface area contributed by atoms with Crippen molar-refractivity contribution in [3.63, 3.8) is 0 Å². The lowest BCUT2D eigenvalue weighted by Crippen LogP contribution is -2.33. The molecule has 0 saturated carbocycles. The monoisotopic (exact) mass is 500 g/mol. The summed E-state index contributed by atoms with van der Waals surface area (Å²) in [6.45, 7) is 8.10. The highest BCUT2D eigenvalue weighted by molar-refractivity contribution is 8.93. The molecule has 0 N–H and O–H groups in total. The van der Waals surface area contributed by atoms with Crippen molar-refractivity contribution < 1.29 is 0 Å². The number of rotatable bonds is 14. The number of benzene rings is 2. The first-order chi connectivity index (χ1) is 15.3. The first-order valence-electron chi connectivity index (χ1n) is 12.9. The van der Waals surface area contributed by atoms with Gasteiger partial charge in [-0.15, -0.1) is 17.0 Å². The maximum Gasteiger partial charge on any atom is 0.0892 e. The minimum absolute atomic E-state index is 0. The van der Waals surface area contributed by atoms with Crippen molar-refractivity contribution in [1.82, 2.24) is 9.80 Å². The summed E-state index contributed by atoms with van der Waals surface area (Å²) < 4.78 is 0. The Kier molecular flexibility index (Phi) is 13.2. The van der Waals surface area contributed by atoms with Gasteiger partial charge >= 0.3 is 0 Å². The van der Waals surface area contributed by atoms with E-state index in [0.29, 0.717) is 12.2 Å². The Morgan fingerprint density at radius 1 is 0.719 bits per heavy atom. The van der Waals surface area contributed by atoms with Gasteiger partial charge in [-0.3, -0.25) is 9.80 Å². The Morgan fingerprint density at radius 2 is 1.25 bits per heavy atom. The third-order valence-corrected chi connectivity index (χ3v) is 6.83. The van der Waals surface area contributed by atoms with Crippen LogP contribution < -0.4 is 0 Å². The molecular weight excluding hydrogens is 456 g/mol. The summed E-state index contributed by atoms with van der Waals surface area (Å²) in [4.78, 5) is 5.43. The average Bonchev–Trinajstić information content (AvgIpc) is 3.11. The third-order valence-electron chi connectivity index (χ3n) is 6.83. The summed E-state index contributed by atoms with van der Waals surface area (Å²) in [7, 11) is 0. The second-order valence-electron chi connectivity index (χ2n) is 9.47. The lowest BCUT2D eigenvalue weighted by molar-refractivity contribution is 0.116. The van der Waals surface area contributed by atoms with E-state index in [1.165, 1.54) is 88.4 Å². The Bertz CT molecular complexity index is 706. The summed E-state index contributed by atoms with van der Waals surface area (Å²) in [5.41, 5.74) is 2.85. The standard InChI is InChI=1S/C29H44N2.BrH/c1-3-4-5-6-7-8-9-10-11-18-23-30-24-26(2)31(25-27-19-14-12-15-20-27)29(30)28-21-16-13-17-22-28;/h12-17,19-22,26,29H,3-11,18,23-25H2,1-2H3;1H. The second-order valence-corrected chi connectivity index (χ2v) is 9.47. The number of hydrogen-bond acceptors (Lipinski definition) is 2.